The standard InChI is InChI=1S/C12H16O3/c1-12-6-4-3-5-8(12)9(13)7-10(15-2)11(12)14/h3-4,7-8,11,14H,5-6H2,1-2H3/t8?,11-,12?/m0/s1. The van der Waals surface area contributed by atoms with Crippen molar-refractivity contribution in [2.24, 2.45) is 11.3 Å². The molecule has 0 aliphatic heterocycles. The van der Waals surface area contributed by atoms with Crippen LogP contribution in [-0.2, 0) is 9.53 Å². The summed E-state index contributed by atoms with van der Waals surface area (Å²) in [5.74, 6) is 0.370. The number of ketones is 1. The number of allylic oxidation sites excluding steroid dienone is 3. The van der Waals surface area contributed by atoms with Crippen molar-refractivity contribution in [1.82, 2.24) is 0 Å². The molecule has 3 heteroatoms. The lowest BCUT2D eigenvalue weighted by Gasteiger charge is -2.44. The Morgan fingerprint density at radius 3 is 2.93 bits per heavy atom. The molecule has 3 atom stereocenters. The van der Waals surface area contributed by atoms with Crippen LogP contribution < -0.4 is 0 Å². The van der Waals surface area contributed by atoms with Crippen LogP contribution in [0.4, 0.5) is 0 Å². The molecule has 0 bridgehead atoms. The predicted molar refractivity (Wildman–Crippen MR) is 56.1 cm³/mol. The molecular weight excluding hydrogens is 192 g/mol. The zero-order chi connectivity index (χ0) is 11.1. The molecule has 1 N–H and O–H groups in total. The normalized spacial score (nSPS) is 39.7. The Balaban J connectivity index is 2.42. The highest BCUT2D eigenvalue weighted by atomic mass is 16.5. The maximum absolute atomic E-state index is 11.8. The molecule has 0 spiro atoms. The third kappa shape index (κ3) is 1.42. The van der Waals surface area contributed by atoms with Crippen LogP contribution in [0.5, 0.6) is 0 Å². The summed E-state index contributed by atoms with van der Waals surface area (Å²) in [6.45, 7) is 1.95. The average molecular weight is 208 g/mol. The van der Waals surface area contributed by atoms with Gasteiger partial charge >= 0.3 is 0 Å². The lowest BCUT2D eigenvalue weighted by Crippen LogP contribution is -2.48. The summed E-state index contributed by atoms with van der Waals surface area (Å²) in [5, 5.41) is 10.2. The van der Waals surface area contributed by atoms with Gasteiger partial charge in [0.15, 0.2) is 5.78 Å². The molecule has 0 aromatic heterocycles. The van der Waals surface area contributed by atoms with Gasteiger partial charge in [-0.25, -0.2) is 0 Å². The van der Waals surface area contributed by atoms with Crippen molar-refractivity contribution in [3.63, 3.8) is 0 Å². The van der Waals surface area contributed by atoms with E-state index in [1.54, 1.807) is 0 Å². The van der Waals surface area contributed by atoms with Crippen LogP contribution in [0, 0.1) is 11.3 Å². The van der Waals surface area contributed by atoms with Gasteiger partial charge < -0.3 is 9.84 Å². The number of rotatable bonds is 1. The number of methoxy groups -OCH3 is 1. The van der Waals surface area contributed by atoms with Gasteiger partial charge in [0.1, 0.15) is 11.9 Å². The van der Waals surface area contributed by atoms with Crippen molar-refractivity contribution in [2.45, 2.75) is 25.9 Å². The average Bonchev–Trinajstić information content (AvgIpc) is 2.24. The van der Waals surface area contributed by atoms with Crippen LogP contribution in [0.1, 0.15) is 19.8 Å². The second-order valence-corrected chi connectivity index (χ2v) is 4.53. The Hall–Kier alpha value is -1.09. The van der Waals surface area contributed by atoms with Gasteiger partial charge in [-0.05, 0) is 12.8 Å². The lowest BCUT2D eigenvalue weighted by atomic mass is 9.62. The molecule has 82 valence electrons. The van der Waals surface area contributed by atoms with Crippen molar-refractivity contribution in [3.8, 4) is 0 Å². The van der Waals surface area contributed by atoms with E-state index in [1.165, 1.54) is 13.2 Å². The molecule has 3 nitrogen and oxygen atoms in total. The molecule has 0 aromatic rings. The van der Waals surface area contributed by atoms with Crippen LogP contribution in [0.2, 0.25) is 0 Å². The summed E-state index contributed by atoms with van der Waals surface area (Å²) in [6, 6.07) is 0. The monoisotopic (exact) mass is 208 g/mol. The molecule has 15 heavy (non-hydrogen) atoms. The molecule has 0 fully saturated rings. The van der Waals surface area contributed by atoms with Gasteiger partial charge in [0, 0.05) is 17.4 Å². The smallest absolute Gasteiger partial charge is 0.163 e. The minimum atomic E-state index is -0.671. The fourth-order valence-electron chi connectivity index (χ4n) is 2.54. The van der Waals surface area contributed by atoms with Crippen molar-refractivity contribution < 1.29 is 14.6 Å². The highest BCUT2D eigenvalue weighted by Crippen LogP contribution is 2.46. The first-order valence-electron chi connectivity index (χ1n) is 5.22. The molecule has 0 aromatic carbocycles. The number of hydrogen-bond donors (Lipinski definition) is 1. The predicted octanol–water partition coefficient (Wildman–Crippen LogP) is 1.43. The third-order valence-electron chi connectivity index (χ3n) is 3.65. The lowest BCUT2D eigenvalue weighted by molar-refractivity contribution is -0.129. The number of hydrogen-bond acceptors (Lipinski definition) is 3. The minimum Gasteiger partial charge on any atom is -0.498 e. The van der Waals surface area contributed by atoms with Gasteiger partial charge in [-0.2, -0.15) is 0 Å². The SMILES string of the molecule is COC1=CC(=O)C2CC=CCC2(C)[C@H]1O. The summed E-state index contributed by atoms with van der Waals surface area (Å²) in [4.78, 5) is 11.8. The second-order valence-electron chi connectivity index (χ2n) is 4.53. The van der Waals surface area contributed by atoms with E-state index >= 15 is 0 Å². The highest BCUT2D eigenvalue weighted by molar-refractivity contribution is 5.94. The summed E-state index contributed by atoms with van der Waals surface area (Å²) in [7, 11) is 1.49. The number of fused-ring (bicyclic) bond motifs is 1. The Labute approximate surface area is 89.4 Å². The maximum Gasteiger partial charge on any atom is 0.163 e. The maximum atomic E-state index is 11.8. The fourth-order valence-corrected chi connectivity index (χ4v) is 2.54. The third-order valence-corrected chi connectivity index (χ3v) is 3.65. The van der Waals surface area contributed by atoms with E-state index in [4.69, 9.17) is 4.74 Å². The first-order chi connectivity index (χ1) is 7.09. The Kier molecular flexibility index (Phi) is 2.43. The van der Waals surface area contributed by atoms with Gasteiger partial charge in [-0.1, -0.05) is 19.1 Å². The van der Waals surface area contributed by atoms with Gasteiger partial charge in [0.2, 0.25) is 0 Å². The molecular formula is C12H16O3. The van der Waals surface area contributed by atoms with Crippen LogP contribution in [-0.4, -0.2) is 24.1 Å². The minimum absolute atomic E-state index is 0.0731. The molecule has 2 rings (SSSR count). The van der Waals surface area contributed by atoms with Crippen LogP contribution in [0.3, 0.4) is 0 Å². The topological polar surface area (TPSA) is 46.5 Å². The summed E-state index contributed by atoms with van der Waals surface area (Å²) in [5.41, 5.74) is -0.397. The first-order valence-corrected chi connectivity index (χ1v) is 5.22. The van der Waals surface area contributed by atoms with Crippen molar-refractivity contribution in [3.05, 3.63) is 24.0 Å². The quantitative estimate of drug-likeness (QED) is 0.663. The van der Waals surface area contributed by atoms with Crippen molar-refractivity contribution >= 4 is 5.78 Å². The number of carbonyl (C=O) groups excluding carboxylic acids is 1. The molecule has 0 saturated carbocycles. The number of carbonyl (C=O) groups is 1. The molecule has 0 radical (unpaired) electrons. The Bertz CT molecular complexity index is 343. The molecule has 2 aliphatic rings. The van der Waals surface area contributed by atoms with E-state index in [9.17, 15) is 9.90 Å². The number of ether oxygens (including phenoxy) is 1. The first kappa shape index (κ1) is 10.4. The zero-order valence-electron chi connectivity index (χ0n) is 9.06. The number of aliphatic hydroxyl groups is 1. The fraction of sp³-hybridized carbons (Fsp3) is 0.583. The van der Waals surface area contributed by atoms with Gasteiger partial charge in [0.05, 0.1) is 7.11 Å². The largest absolute Gasteiger partial charge is 0.498 e. The van der Waals surface area contributed by atoms with E-state index in [0.29, 0.717) is 5.76 Å². The second kappa shape index (κ2) is 3.49. The van der Waals surface area contributed by atoms with Gasteiger partial charge in [-0.15, -0.1) is 0 Å². The Morgan fingerprint density at radius 2 is 2.27 bits per heavy atom. The van der Waals surface area contributed by atoms with E-state index in [0.717, 1.165) is 12.8 Å². The van der Waals surface area contributed by atoms with E-state index in [2.05, 4.69) is 0 Å². The van der Waals surface area contributed by atoms with Crippen molar-refractivity contribution in [1.29, 1.82) is 0 Å². The van der Waals surface area contributed by atoms with Crippen LogP contribution in [0.15, 0.2) is 24.0 Å². The molecule has 2 aliphatic carbocycles. The molecule has 2 unspecified atom stereocenters. The molecule has 0 saturated heterocycles. The Morgan fingerprint density at radius 1 is 1.53 bits per heavy atom. The van der Waals surface area contributed by atoms with Crippen LogP contribution >= 0.6 is 0 Å². The highest BCUT2D eigenvalue weighted by Gasteiger charge is 2.48. The van der Waals surface area contributed by atoms with E-state index in [1.807, 2.05) is 19.1 Å². The van der Waals surface area contributed by atoms with Crippen LogP contribution in [0.25, 0.3) is 0 Å². The zero-order valence-corrected chi connectivity index (χ0v) is 9.06. The van der Waals surface area contributed by atoms with Gasteiger partial charge in [-0.3, -0.25) is 4.79 Å². The van der Waals surface area contributed by atoms with E-state index < -0.39 is 11.5 Å². The van der Waals surface area contributed by atoms with Gasteiger partial charge in [0.25, 0.3) is 0 Å². The summed E-state index contributed by atoms with van der Waals surface area (Å²) >= 11 is 0. The molecule has 0 heterocycles. The van der Waals surface area contributed by atoms with E-state index in [-0.39, 0.29) is 11.7 Å². The van der Waals surface area contributed by atoms with Crippen molar-refractivity contribution in [2.75, 3.05) is 7.11 Å². The molecule has 0 amide bonds. The summed E-state index contributed by atoms with van der Waals surface area (Å²) < 4.78 is 5.05. The summed E-state index contributed by atoms with van der Waals surface area (Å²) in [6.07, 6.45) is 6.27. The number of aliphatic hydroxyl groups excluding tert-OH is 1.